The molecule has 2 aromatic carbocycles. The zero-order chi connectivity index (χ0) is 26.3. The van der Waals surface area contributed by atoms with E-state index >= 15 is 0 Å². The number of halogens is 1. The highest BCUT2D eigenvalue weighted by Crippen LogP contribution is 2.39. The fraction of sp³-hybridized carbons (Fsp3) is 0.393. The molecule has 3 aliphatic rings. The molecule has 6 rings (SSSR count). The van der Waals surface area contributed by atoms with E-state index in [1.54, 1.807) is 18.3 Å². The molecule has 9 nitrogen and oxygen atoms in total. The minimum absolute atomic E-state index is 0.0522. The van der Waals surface area contributed by atoms with Gasteiger partial charge in [0.2, 0.25) is 5.43 Å². The summed E-state index contributed by atoms with van der Waals surface area (Å²) in [4.78, 5) is 41.4. The number of carbonyl (C=O) groups excluding carboxylic acids is 2. The standard InChI is InChI=1S/C28H28ClN3O6/c29-20-3-1-18(2-4-20)14-30-27(35)22-16-32-17-28(5-8-37-24(33)13-28)38-23-12-19(11-21(25(23)32)26(22)34)15-31-6-9-36-10-7-31/h1-4,11-12,16H,5-10,13-15,17H2,(H,30,35). The first-order valence-corrected chi connectivity index (χ1v) is 13.1. The number of ether oxygens (including phenoxy) is 3. The minimum atomic E-state index is -0.793. The number of amides is 1. The molecule has 1 amide bonds. The molecule has 4 heterocycles. The van der Waals surface area contributed by atoms with Gasteiger partial charge in [-0.3, -0.25) is 19.3 Å². The Morgan fingerprint density at radius 3 is 2.61 bits per heavy atom. The van der Waals surface area contributed by atoms with Crippen LogP contribution < -0.4 is 15.5 Å². The van der Waals surface area contributed by atoms with E-state index in [1.807, 2.05) is 28.8 Å². The van der Waals surface area contributed by atoms with Crippen molar-refractivity contribution in [3.63, 3.8) is 0 Å². The average Bonchev–Trinajstić information content (AvgIpc) is 2.90. The Morgan fingerprint density at radius 2 is 1.84 bits per heavy atom. The summed E-state index contributed by atoms with van der Waals surface area (Å²) in [6.07, 6.45) is 2.22. The zero-order valence-corrected chi connectivity index (χ0v) is 21.6. The first-order valence-electron chi connectivity index (χ1n) is 12.8. The van der Waals surface area contributed by atoms with Gasteiger partial charge in [-0.25, -0.2) is 0 Å². The number of cyclic esters (lactones) is 1. The highest BCUT2D eigenvalue weighted by atomic mass is 35.5. The van der Waals surface area contributed by atoms with Crippen LogP contribution in [0.4, 0.5) is 0 Å². The summed E-state index contributed by atoms with van der Waals surface area (Å²) in [6.45, 7) is 4.39. The van der Waals surface area contributed by atoms with Crippen molar-refractivity contribution in [3.05, 3.63) is 74.5 Å². The molecule has 0 aliphatic carbocycles. The van der Waals surface area contributed by atoms with Crippen LogP contribution in [0.15, 0.2) is 47.4 Å². The van der Waals surface area contributed by atoms with Crippen molar-refractivity contribution in [3.8, 4) is 5.75 Å². The molecule has 1 unspecified atom stereocenters. The number of hydrogen-bond acceptors (Lipinski definition) is 7. The summed E-state index contributed by atoms with van der Waals surface area (Å²) < 4.78 is 19.0. The van der Waals surface area contributed by atoms with E-state index in [2.05, 4.69) is 10.2 Å². The lowest BCUT2D eigenvalue weighted by Gasteiger charge is -2.41. The predicted molar refractivity (Wildman–Crippen MR) is 140 cm³/mol. The topological polar surface area (TPSA) is 99.1 Å². The van der Waals surface area contributed by atoms with Gasteiger partial charge in [-0.2, -0.15) is 0 Å². The minimum Gasteiger partial charge on any atom is -0.482 e. The number of hydrogen-bond donors (Lipinski definition) is 1. The number of nitrogens with zero attached hydrogens (tertiary/aromatic N) is 2. The normalized spacial score (nSPS) is 21.2. The molecule has 1 atom stereocenters. The van der Waals surface area contributed by atoms with Crippen LogP contribution in [-0.4, -0.2) is 59.9 Å². The Hall–Kier alpha value is -3.40. The maximum absolute atomic E-state index is 13.7. The van der Waals surface area contributed by atoms with Crippen molar-refractivity contribution in [2.24, 2.45) is 0 Å². The van der Waals surface area contributed by atoms with E-state index in [1.165, 1.54) is 0 Å². The molecule has 0 bridgehead atoms. The number of benzene rings is 2. The molecular weight excluding hydrogens is 510 g/mol. The summed E-state index contributed by atoms with van der Waals surface area (Å²) in [7, 11) is 0. The van der Waals surface area contributed by atoms with Crippen LogP contribution in [0, 0.1) is 0 Å². The van der Waals surface area contributed by atoms with Gasteiger partial charge in [0.15, 0.2) is 0 Å². The Kier molecular flexibility index (Phi) is 6.59. The number of esters is 1. The fourth-order valence-corrected chi connectivity index (χ4v) is 5.59. The molecule has 2 saturated heterocycles. The van der Waals surface area contributed by atoms with E-state index in [9.17, 15) is 14.4 Å². The summed E-state index contributed by atoms with van der Waals surface area (Å²) in [5.74, 6) is -0.223. The van der Waals surface area contributed by atoms with Gasteiger partial charge in [0, 0.05) is 43.8 Å². The van der Waals surface area contributed by atoms with Gasteiger partial charge in [-0.05, 0) is 35.4 Å². The third kappa shape index (κ3) is 4.89. The number of rotatable bonds is 5. The molecule has 1 spiro atoms. The molecule has 3 aliphatic heterocycles. The second-order valence-corrected chi connectivity index (χ2v) is 10.6. The van der Waals surface area contributed by atoms with Crippen LogP contribution >= 0.6 is 11.6 Å². The summed E-state index contributed by atoms with van der Waals surface area (Å²) >= 11 is 5.96. The van der Waals surface area contributed by atoms with E-state index in [0.717, 1.165) is 24.2 Å². The van der Waals surface area contributed by atoms with Gasteiger partial charge < -0.3 is 24.1 Å². The van der Waals surface area contributed by atoms with Crippen molar-refractivity contribution in [2.75, 3.05) is 32.9 Å². The van der Waals surface area contributed by atoms with E-state index in [-0.39, 0.29) is 36.5 Å². The van der Waals surface area contributed by atoms with Crippen LogP contribution in [0.3, 0.4) is 0 Å². The van der Waals surface area contributed by atoms with Crippen LogP contribution in [-0.2, 0) is 33.9 Å². The highest BCUT2D eigenvalue weighted by Gasteiger charge is 2.43. The molecule has 0 saturated carbocycles. The van der Waals surface area contributed by atoms with E-state index in [0.29, 0.717) is 54.4 Å². The summed E-state index contributed by atoms with van der Waals surface area (Å²) in [6, 6.07) is 11.0. The van der Waals surface area contributed by atoms with Crippen molar-refractivity contribution in [2.45, 2.75) is 38.1 Å². The first-order chi connectivity index (χ1) is 18.4. The van der Waals surface area contributed by atoms with Crippen molar-refractivity contribution >= 4 is 34.4 Å². The Balaban J connectivity index is 1.39. The Bertz CT molecular complexity index is 1460. The molecule has 198 valence electrons. The third-order valence-electron chi connectivity index (χ3n) is 7.39. The smallest absolute Gasteiger partial charge is 0.309 e. The van der Waals surface area contributed by atoms with Crippen LogP contribution in [0.5, 0.6) is 5.75 Å². The maximum atomic E-state index is 13.7. The zero-order valence-electron chi connectivity index (χ0n) is 20.8. The van der Waals surface area contributed by atoms with Crippen molar-refractivity contribution < 1.29 is 23.8 Å². The lowest BCUT2D eigenvalue weighted by molar-refractivity contribution is -0.158. The molecule has 0 radical (unpaired) electrons. The molecule has 1 N–H and O–H groups in total. The maximum Gasteiger partial charge on any atom is 0.309 e. The molecule has 10 heteroatoms. The Morgan fingerprint density at radius 1 is 1.05 bits per heavy atom. The van der Waals surface area contributed by atoms with Crippen LogP contribution in [0.25, 0.3) is 10.9 Å². The van der Waals surface area contributed by atoms with E-state index < -0.39 is 11.5 Å². The molecule has 38 heavy (non-hydrogen) atoms. The molecule has 3 aromatic rings. The Labute approximate surface area is 224 Å². The number of pyridine rings is 1. The number of carbonyl (C=O) groups is 2. The largest absolute Gasteiger partial charge is 0.482 e. The van der Waals surface area contributed by atoms with Gasteiger partial charge >= 0.3 is 5.97 Å². The number of morpholine rings is 1. The predicted octanol–water partition coefficient (Wildman–Crippen LogP) is 2.89. The quantitative estimate of drug-likeness (QED) is 0.500. The monoisotopic (exact) mass is 537 g/mol. The molecule has 1 aromatic heterocycles. The lowest BCUT2D eigenvalue weighted by atomic mass is 9.91. The van der Waals surface area contributed by atoms with Gasteiger partial charge in [0.1, 0.15) is 16.9 Å². The molecular formula is C28H28ClN3O6. The second-order valence-electron chi connectivity index (χ2n) is 10.1. The van der Waals surface area contributed by atoms with Crippen molar-refractivity contribution in [1.29, 1.82) is 0 Å². The SMILES string of the molecule is O=C1CC2(CCO1)Cn1cc(C(=O)NCc3ccc(Cl)cc3)c(=O)c3cc(CN4CCOCC4)cc(c31)O2. The second kappa shape index (κ2) is 10.1. The van der Waals surface area contributed by atoms with Crippen LogP contribution in [0.2, 0.25) is 5.02 Å². The highest BCUT2D eigenvalue weighted by molar-refractivity contribution is 6.30. The van der Waals surface area contributed by atoms with Crippen LogP contribution in [0.1, 0.15) is 34.3 Å². The summed E-state index contributed by atoms with van der Waals surface area (Å²) in [5.41, 5.74) is 1.33. The number of nitrogens with one attached hydrogen (secondary N) is 1. The van der Waals surface area contributed by atoms with E-state index in [4.69, 9.17) is 25.8 Å². The van der Waals surface area contributed by atoms with Gasteiger partial charge in [-0.1, -0.05) is 23.7 Å². The first kappa shape index (κ1) is 24.9. The average molecular weight is 538 g/mol. The third-order valence-corrected chi connectivity index (χ3v) is 7.64. The summed E-state index contributed by atoms with van der Waals surface area (Å²) in [5, 5.41) is 3.90. The fourth-order valence-electron chi connectivity index (χ4n) is 5.46. The molecule has 2 fully saturated rings. The van der Waals surface area contributed by atoms with Gasteiger partial charge in [-0.15, -0.1) is 0 Å². The lowest BCUT2D eigenvalue weighted by Crippen LogP contribution is -2.49. The van der Waals surface area contributed by atoms with Gasteiger partial charge in [0.05, 0.1) is 43.7 Å². The van der Waals surface area contributed by atoms with Crippen molar-refractivity contribution in [1.82, 2.24) is 14.8 Å². The van der Waals surface area contributed by atoms with Gasteiger partial charge in [0.25, 0.3) is 5.91 Å². The number of aromatic nitrogens is 1.